The Bertz CT molecular complexity index is 558. The van der Waals surface area contributed by atoms with Crippen LogP contribution in [0.4, 0.5) is 0 Å². The first-order chi connectivity index (χ1) is 10.2. The van der Waals surface area contributed by atoms with Gasteiger partial charge in [0.2, 0.25) is 0 Å². The van der Waals surface area contributed by atoms with Crippen molar-refractivity contribution in [3.63, 3.8) is 0 Å². The van der Waals surface area contributed by atoms with Crippen molar-refractivity contribution in [3.05, 3.63) is 53.3 Å². The van der Waals surface area contributed by atoms with Gasteiger partial charge in [-0.15, -0.1) is 0 Å². The van der Waals surface area contributed by atoms with E-state index in [1.165, 1.54) is 16.8 Å². The second-order valence-corrected chi connectivity index (χ2v) is 6.37. The first-order valence-electron chi connectivity index (χ1n) is 7.84. The van der Waals surface area contributed by atoms with Gasteiger partial charge in [0.15, 0.2) is 0 Å². The van der Waals surface area contributed by atoms with E-state index in [2.05, 4.69) is 77.9 Å². The number of aromatic nitrogens is 2. The standard InChI is InChI=1S/C18H25BrN2/c1-4-18(5-2)21-10-9-17(20-21)12-16(13-19)15-8-6-7-14(3)11-15/h6-11,16,18H,4-5,12-13H2,1-3H3. The van der Waals surface area contributed by atoms with Crippen molar-refractivity contribution in [2.75, 3.05) is 5.33 Å². The van der Waals surface area contributed by atoms with Crippen molar-refractivity contribution in [2.24, 2.45) is 0 Å². The summed E-state index contributed by atoms with van der Waals surface area (Å²) in [6.07, 6.45) is 5.39. The van der Waals surface area contributed by atoms with E-state index in [0.717, 1.165) is 24.6 Å². The van der Waals surface area contributed by atoms with Crippen LogP contribution in [0.25, 0.3) is 0 Å². The van der Waals surface area contributed by atoms with Crippen molar-refractivity contribution >= 4 is 15.9 Å². The van der Waals surface area contributed by atoms with Crippen molar-refractivity contribution in [2.45, 2.75) is 52.0 Å². The van der Waals surface area contributed by atoms with Crippen LogP contribution in [0.3, 0.4) is 0 Å². The van der Waals surface area contributed by atoms with E-state index in [-0.39, 0.29) is 0 Å². The Morgan fingerprint density at radius 1 is 1.19 bits per heavy atom. The molecule has 0 saturated carbocycles. The zero-order valence-electron chi connectivity index (χ0n) is 13.2. The average molecular weight is 349 g/mol. The lowest BCUT2D eigenvalue weighted by Gasteiger charge is -2.15. The van der Waals surface area contributed by atoms with Crippen molar-refractivity contribution in [1.82, 2.24) is 9.78 Å². The molecular weight excluding hydrogens is 324 g/mol. The third kappa shape index (κ3) is 4.19. The summed E-state index contributed by atoms with van der Waals surface area (Å²) in [5, 5.41) is 5.75. The molecule has 1 aromatic heterocycles. The minimum absolute atomic E-state index is 0.481. The highest BCUT2D eigenvalue weighted by molar-refractivity contribution is 9.09. The van der Waals surface area contributed by atoms with Gasteiger partial charge in [-0.3, -0.25) is 4.68 Å². The van der Waals surface area contributed by atoms with Gasteiger partial charge in [0.05, 0.1) is 11.7 Å². The molecule has 0 spiro atoms. The van der Waals surface area contributed by atoms with Gasteiger partial charge >= 0.3 is 0 Å². The maximum atomic E-state index is 4.78. The summed E-state index contributed by atoms with van der Waals surface area (Å²) in [7, 11) is 0. The van der Waals surface area contributed by atoms with Crippen molar-refractivity contribution in [3.8, 4) is 0 Å². The molecule has 21 heavy (non-hydrogen) atoms. The van der Waals surface area contributed by atoms with E-state index in [1.54, 1.807) is 0 Å². The summed E-state index contributed by atoms with van der Waals surface area (Å²) in [6.45, 7) is 6.60. The summed E-state index contributed by atoms with van der Waals surface area (Å²) in [6, 6.07) is 11.5. The van der Waals surface area contributed by atoms with Gasteiger partial charge in [-0.05, 0) is 43.7 Å². The van der Waals surface area contributed by atoms with Crippen molar-refractivity contribution in [1.29, 1.82) is 0 Å². The Balaban J connectivity index is 2.12. The highest BCUT2D eigenvalue weighted by atomic mass is 79.9. The van der Waals surface area contributed by atoms with Gasteiger partial charge in [0, 0.05) is 11.5 Å². The summed E-state index contributed by atoms with van der Waals surface area (Å²) < 4.78 is 2.14. The monoisotopic (exact) mass is 348 g/mol. The number of alkyl halides is 1. The Labute approximate surface area is 136 Å². The SMILES string of the molecule is CCC(CC)n1ccc(CC(CBr)c2cccc(C)c2)n1. The molecular formula is C18H25BrN2. The molecule has 1 aromatic carbocycles. The molecule has 114 valence electrons. The van der Waals surface area contributed by atoms with E-state index >= 15 is 0 Å². The van der Waals surface area contributed by atoms with Gasteiger partial charge in [0.25, 0.3) is 0 Å². The number of halogens is 1. The molecule has 0 radical (unpaired) electrons. The van der Waals surface area contributed by atoms with Crippen LogP contribution in [0.15, 0.2) is 36.5 Å². The van der Waals surface area contributed by atoms with Crippen LogP contribution in [0.5, 0.6) is 0 Å². The Hall–Kier alpha value is -1.09. The molecule has 1 unspecified atom stereocenters. The Morgan fingerprint density at radius 2 is 1.95 bits per heavy atom. The minimum atomic E-state index is 0.481. The van der Waals surface area contributed by atoms with Crippen LogP contribution >= 0.6 is 15.9 Å². The van der Waals surface area contributed by atoms with E-state index < -0.39 is 0 Å². The summed E-state index contributed by atoms with van der Waals surface area (Å²) >= 11 is 3.66. The van der Waals surface area contributed by atoms with Crippen LogP contribution in [-0.4, -0.2) is 15.1 Å². The predicted octanol–water partition coefficient (Wildman–Crippen LogP) is 5.27. The molecule has 0 fully saturated rings. The molecule has 3 heteroatoms. The third-order valence-corrected chi connectivity index (χ3v) is 4.92. The minimum Gasteiger partial charge on any atom is -0.269 e. The maximum absolute atomic E-state index is 4.78. The van der Waals surface area contributed by atoms with E-state index in [1.807, 2.05) is 0 Å². The Morgan fingerprint density at radius 3 is 2.57 bits per heavy atom. The molecule has 2 aromatic rings. The fourth-order valence-corrected chi connectivity index (χ4v) is 3.39. The number of rotatable bonds is 7. The fraction of sp³-hybridized carbons (Fsp3) is 0.500. The maximum Gasteiger partial charge on any atom is 0.0631 e. The van der Waals surface area contributed by atoms with Crippen LogP contribution < -0.4 is 0 Å². The van der Waals surface area contributed by atoms with Gasteiger partial charge in [-0.2, -0.15) is 5.10 Å². The molecule has 1 atom stereocenters. The highest BCUT2D eigenvalue weighted by Gasteiger charge is 2.14. The Kier molecular flexibility index (Phi) is 6.04. The van der Waals surface area contributed by atoms with Crippen LogP contribution in [0, 0.1) is 6.92 Å². The second kappa shape index (κ2) is 7.79. The lowest BCUT2D eigenvalue weighted by atomic mass is 9.95. The van der Waals surface area contributed by atoms with Crippen LogP contribution in [-0.2, 0) is 6.42 Å². The first kappa shape index (κ1) is 16.3. The van der Waals surface area contributed by atoms with Gasteiger partial charge in [-0.1, -0.05) is 59.6 Å². The fourth-order valence-electron chi connectivity index (χ4n) is 2.79. The van der Waals surface area contributed by atoms with Crippen LogP contribution in [0.1, 0.15) is 55.5 Å². The van der Waals surface area contributed by atoms with Gasteiger partial charge in [0.1, 0.15) is 0 Å². The van der Waals surface area contributed by atoms with Crippen LogP contribution in [0.2, 0.25) is 0 Å². The smallest absolute Gasteiger partial charge is 0.0631 e. The summed E-state index contributed by atoms with van der Waals surface area (Å²) in [5.74, 6) is 0.481. The molecule has 0 amide bonds. The predicted molar refractivity (Wildman–Crippen MR) is 93.3 cm³/mol. The normalized spacial score (nSPS) is 12.8. The number of aryl methyl sites for hydroxylation is 1. The topological polar surface area (TPSA) is 17.8 Å². The quantitative estimate of drug-likeness (QED) is 0.623. The lowest BCUT2D eigenvalue weighted by molar-refractivity contribution is 0.424. The summed E-state index contributed by atoms with van der Waals surface area (Å²) in [4.78, 5) is 0. The molecule has 2 rings (SSSR count). The van der Waals surface area contributed by atoms with Crippen molar-refractivity contribution < 1.29 is 0 Å². The molecule has 2 nitrogen and oxygen atoms in total. The molecule has 0 aliphatic rings. The molecule has 0 saturated heterocycles. The third-order valence-electron chi connectivity index (χ3n) is 4.14. The lowest BCUT2D eigenvalue weighted by Crippen LogP contribution is -2.09. The van der Waals surface area contributed by atoms with Gasteiger partial charge < -0.3 is 0 Å². The number of hydrogen-bond donors (Lipinski definition) is 0. The van der Waals surface area contributed by atoms with E-state index in [0.29, 0.717) is 12.0 Å². The molecule has 0 aliphatic carbocycles. The average Bonchev–Trinajstić information content (AvgIpc) is 2.94. The highest BCUT2D eigenvalue weighted by Crippen LogP contribution is 2.24. The van der Waals surface area contributed by atoms with Gasteiger partial charge in [-0.25, -0.2) is 0 Å². The number of hydrogen-bond acceptors (Lipinski definition) is 1. The zero-order chi connectivity index (χ0) is 15.2. The molecule has 0 bridgehead atoms. The van der Waals surface area contributed by atoms with E-state index in [4.69, 9.17) is 5.10 Å². The molecule has 1 heterocycles. The molecule has 0 aliphatic heterocycles. The number of nitrogens with zero attached hydrogens (tertiary/aromatic N) is 2. The number of benzene rings is 1. The molecule has 0 N–H and O–H groups in total. The second-order valence-electron chi connectivity index (χ2n) is 5.73. The summed E-state index contributed by atoms with van der Waals surface area (Å²) in [5.41, 5.74) is 3.90. The first-order valence-corrected chi connectivity index (χ1v) is 8.96. The van der Waals surface area contributed by atoms with E-state index in [9.17, 15) is 0 Å². The zero-order valence-corrected chi connectivity index (χ0v) is 14.8. The largest absolute Gasteiger partial charge is 0.269 e.